The summed E-state index contributed by atoms with van der Waals surface area (Å²) in [7, 11) is 5.12. The molecule has 0 atom stereocenters. The number of unbranched alkanes of at least 4 members (excludes halogenated alkanes) is 5. The van der Waals surface area contributed by atoms with Crippen LogP contribution in [0.2, 0.25) is 0 Å². The number of carbonyl (C=O) groups is 2. The van der Waals surface area contributed by atoms with Crippen LogP contribution < -0.4 is 10.6 Å². The number of rotatable bonds is 22. The highest BCUT2D eigenvalue weighted by molar-refractivity contribution is 8.76. The molecule has 37 heavy (non-hydrogen) atoms. The third kappa shape index (κ3) is 16.9. The van der Waals surface area contributed by atoms with E-state index in [0.29, 0.717) is 31.1 Å². The summed E-state index contributed by atoms with van der Waals surface area (Å²) in [6, 6.07) is 7.65. The Morgan fingerprint density at radius 2 is 1.54 bits per heavy atom. The first-order valence-corrected chi connectivity index (χ1v) is 15.7. The van der Waals surface area contributed by atoms with Crippen LogP contribution in [0.4, 0.5) is 5.69 Å². The number of hydrogen-bond acceptors (Lipinski definition) is 7. The number of nitrogens with one attached hydrogen (secondary N) is 2. The normalized spacial score (nSPS) is 11.9. The molecule has 0 heterocycles. The minimum Gasteiger partial charge on any atom is -0.481 e. The van der Waals surface area contributed by atoms with E-state index in [4.69, 9.17) is 14.6 Å². The quantitative estimate of drug-likeness (QED) is 0.110. The standard InChI is InChI=1S/C28H48N2O5S2/c1-27(2,20-34-5)21-35-22-28(3,4)30-26(33)23-14-10-11-15-24(23)29-17-12-8-6-7-9-13-18-36-37-19-16-25(31)32/h10-11,14-15,29H,6-9,12-13,16-22H2,1-5H3,(H,30,33)(H,31,32). The first-order valence-electron chi connectivity index (χ1n) is 13.2. The number of carbonyl (C=O) groups excluding carboxylic acids is 1. The van der Waals surface area contributed by atoms with Gasteiger partial charge in [0.15, 0.2) is 0 Å². The summed E-state index contributed by atoms with van der Waals surface area (Å²) in [5.74, 6) is 0.932. The van der Waals surface area contributed by atoms with Crippen LogP contribution in [0.15, 0.2) is 24.3 Å². The summed E-state index contributed by atoms with van der Waals surface area (Å²) < 4.78 is 11.1. The first kappa shape index (κ1) is 33.6. The predicted molar refractivity (Wildman–Crippen MR) is 158 cm³/mol. The van der Waals surface area contributed by atoms with Gasteiger partial charge in [0.2, 0.25) is 0 Å². The van der Waals surface area contributed by atoms with Crippen molar-refractivity contribution in [3.63, 3.8) is 0 Å². The summed E-state index contributed by atoms with van der Waals surface area (Å²) in [6.07, 6.45) is 7.28. The fourth-order valence-electron chi connectivity index (χ4n) is 3.72. The summed E-state index contributed by atoms with van der Waals surface area (Å²) >= 11 is 0. The lowest BCUT2D eigenvalue weighted by molar-refractivity contribution is -0.136. The molecule has 0 saturated heterocycles. The molecule has 0 aliphatic rings. The van der Waals surface area contributed by atoms with Crippen molar-refractivity contribution < 1.29 is 24.2 Å². The summed E-state index contributed by atoms with van der Waals surface area (Å²) in [4.78, 5) is 23.5. The predicted octanol–water partition coefficient (Wildman–Crippen LogP) is 6.49. The third-order valence-corrected chi connectivity index (χ3v) is 8.06. The smallest absolute Gasteiger partial charge is 0.304 e. The Bertz CT molecular complexity index is 790. The number of ether oxygens (including phenoxy) is 2. The average Bonchev–Trinajstić information content (AvgIpc) is 2.81. The minimum absolute atomic E-state index is 0.0753. The Kier molecular flexibility index (Phi) is 17.0. The van der Waals surface area contributed by atoms with E-state index < -0.39 is 11.5 Å². The van der Waals surface area contributed by atoms with Gasteiger partial charge in [-0.3, -0.25) is 9.59 Å². The Labute approximate surface area is 232 Å². The van der Waals surface area contributed by atoms with Crippen molar-refractivity contribution in [3.8, 4) is 0 Å². The highest BCUT2D eigenvalue weighted by atomic mass is 33.1. The van der Waals surface area contributed by atoms with E-state index in [-0.39, 0.29) is 17.7 Å². The molecule has 1 aromatic carbocycles. The van der Waals surface area contributed by atoms with E-state index >= 15 is 0 Å². The molecule has 1 rings (SSSR count). The number of hydrogen-bond donors (Lipinski definition) is 3. The SMILES string of the molecule is COCC(C)(C)COCC(C)(C)NC(=O)c1ccccc1NCCCCCCCCSSCCC(=O)O. The molecule has 9 heteroatoms. The Morgan fingerprint density at radius 1 is 0.892 bits per heavy atom. The number of aliphatic carboxylic acids is 1. The molecule has 0 unspecified atom stereocenters. The van der Waals surface area contributed by atoms with Crippen LogP contribution in [0.5, 0.6) is 0 Å². The largest absolute Gasteiger partial charge is 0.481 e. The molecule has 7 nitrogen and oxygen atoms in total. The molecule has 1 amide bonds. The second-order valence-electron chi connectivity index (χ2n) is 10.8. The van der Waals surface area contributed by atoms with Crippen molar-refractivity contribution in [1.29, 1.82) is 0 Å². The number of benzene rings is 1. The van der Waals surface area contributed by atoms with Crippen molar-refractivity contribution in [3.05, 3.63) is 29.8 Å². The molecular formula is C28H48N2O5S2. The third-order valence-electron chi connectivity index (χ3n) is 5.57. The summed E-state index contributed by atoms with van der Waals surface area (Å²) in [5.41, 5.74) is 0.932. The van der Waals surface area contributed by atoms with Crippen molar-refractivity contribution in [2.75, 3.05) is 50.3 Å². The summed E-state index contributed by atoms with van der Waals surface area (Å²) in [6.45, 7) is 10.6. The fourth-order valence-corrected chi connectivity index (χ4v) is 5.85. The lowest BCUT2D eigenvalue weighted by atomic mass is 9.96. The van der Waals surface area contributed by atoms with Crippen molar-refractivity contribution in [2.45, 2.75) is 78.2 Å². The number of anilines is 1. The van der Waals surface area contributed by atoms with Crippen LogP contribution >= 0.6 is 21.6 Å². The maximum Gasteiger partial charge on any atom is 0.304 e. The minimum atomic E-state index is -0.724. The lowest BCUT2D eigenvalue weighted by Gasteiger charge is -2.29. The van der Waals surface area contributed by atoms with Gasteiger partial charge in [-0.25, -0.2) is 0 Å². The number of carboxylic acids is 1. The van der Waals surface area contributed by atoms with E-state index in [2.05, 4.69) is 24.5 Å². The van der Waals surface area contributed by atoms with Gasteiger partial charge in [-0.2, -0.15) is 0 Å². The van der Waals surface area contributed by atoms with Gasteiger partial charge in [0.05, 0.1) is 37.3 Å². The van der Waals surface area contributed by atoms with Crippen molar-refractivity contribution in [2.24, 2.45) is 5.41 Å². The molecule has 0 aliphatic carbocycles. The molecular weight excluding hydrogens is 508 g/mol. The van der Waals surface area contributed by atoms with Crippen LogP contribution in [0.1, 0.15) is 83.0 Å². The van der Waals surface area contributed by atoms with E-state index in [1.54, 1.807) is 28.7 Å². The number of methoxy groups -OCH3 is 1. The zero-order valence-electron chi connectivity index (χ0n) is 23.4. The van der Waals surface area contributed by atoms with Gasteiger partial charge in [-0.1, -0.05) is 73.3 Å². The molecule has 212 valence electrons. The van der Waals surface area contributed by atoms with Gasteiger partial charge in [0.25, 0.3) is 5.91 Å². The lowest BCUT2D eigenvalue weighted by Crippen LogP contribution is -2.47. The maximum atomic E-state index is 13.0. The fraction of sp³-hybridized carbons (Fsp3) is 0.714. The van der Waals surface area contributed by atoms with Crippen LogP contribution in [-0.2, 0) is 14.3 Å². The van der Waals surface area contributed by atoms with Gasteiger partial charge in [-0.15, -0.1) is 0 Å². The van der Waals surface area contributed by atoms with Crippen molar-refractivity contribution >= 4 is 39.2 Å². The first-order chi connectivity index (χ1) is 17.6. The highest BCUT2D eigenvalue weighted by Gasteiger charge is 2.25. The molecule has 0 spiro atoms. The zero-order chi connectivity index (χ0) is 27.6. The van der Waals surface area contributed by atoms with Crippen LogP contribution in [0.25, 0.3) is 0 Å². The Hall–Kier alpha value is -1.42. The number of amides is 1. The topological polar surface area (TPSA) is 96.9 Å². The van der Waals surface area contributed by atoms with Gasteiger partial charge in [0, 0.05) is 36.3 Å². The molecule has 0 saturated carbocycles. The average molecular weight is 557 g/mol. The summed E-state index contributed by atoms with van der Waals surface area (Å²) in [5, 5.41) is 15.2. The molecule has 0 aliphatic heterocycles. The van der Waals surface area contributed by atoms with E-state index in [9.17, 15) is 9.59 Å². The zero-order valence-corrected chi connectivity index (χ0v) is 25.0. The van der Waals surface area contributed by atoms with E-state index in [1.165, 1.54) is 25.7 Å². The monoisotopic (exact) mass is 556 g/mol. The second kappa shape index (κ2) is 18.8. The second-order valence-corrected chi connectivity index (χ2v) is 13.5. The molecule has 0 radical (unpaired) electrons. The van der Waals surface area contributed by atoms with Crippen LogP contribution in [0.3, 0.4) is 0 Å². The van der Waals surface area contributed by atoms with E-state index in [0.717, 1.165) is 30.8 Å². The highest BCUT2D eigenvalue weighted by Crippen LogP contribution is 2.24. The Balaban J connectivity index is 2.28. The number of carboxylic acid groups (broad SMARTS) is 1. The van der Waals surface area contributed by atoms with Crippen molar-refractivity contribution in [1.82, 2.24) is 5.32 Å². The van der Waals surface area contributed by atoms with Gasteiger partial charge < -0.3 is 25.2 Å². The molecule has 3 N–H and O–H groups in total. The Morgan fingerprint density at radius 3 is 2.24 bits per heavy atom. The number of para-hydroxylation sites is 1. The van der Waals surface area contributed by atoms with Crippen LogP contribution in [-0.4, -0.2) is 67.5 Å². The molecule has 0 aromatic heterocycles. The molecule has 1 aromatic rings. The molecule has 0 fully saturated rings. The van der Waals surface area contributed by atoms with Crippen LogP contribution in [0, 0.1) is 5.41 Å². The van der Waals surface area contributed by atoms with Gasteiger partial charge in [-0.05, 0) is 38.8 Å². The van der Waals surface area contributed by atoms with E-state index in [1.807, 2.05) is 38.1 Å². The van der Waals surface area contributed by atoms with Gasteiger partial charge in [0.1, 0.15) is 0 Å². The molecule has 0 bridgehead atoms. The van der Waals surface area contributed by atoms with Gasteiger partial charge >= 0.3 is 5.97 Å². The maximum absolute atomic E-state index is 13.0.